The number of hydrogen-bond donors (Lipinski definition) is 1. The summed E-state index contributed by atoms with van der Waals surface area (Å²) in [5.74, 6) is -1.30. The first-order valence-corrected chi connectivity index (χ1v) is 6.13. The summed E-state index contributed by atoms with van der Waals surface area (Å²) < 4.78 is 38.2. The second-order valence-corrected chi connectivity index (χ2v) is 4.91. The van der Waals surface area contributed by atoms with E-state index in [1.807, 2.05) is 0 Å². The van der Waals surface area contributed by atoms with E-state index in [1.165, 1.54) is 0 Å². The van der Waals surface area contributed by atoms with Crippen molar-refractivity contribution in [2.75, 3.05) is 23.7 Å². The van der Waals surface area contributed by atoms with Gasteiger partial charge in [0.1, 0.15) is 0 Å². The minimum atomic E-state index is -4.16. The summed E-state index contributed by atoms with van der Waals surface area (Å²) in [7, 11) is 0. The minimum Gasteiger partial charge on any atom is -0.397 e. The lowest BCUT2D eigenvalue weighted by molar-refractivity contribution is -0.175. The molecule has 2 N–H and O–H groups in total. The molecule has 2 nitrogen and oxygen atoms in total. The molecule has 100 valence electrons. The number of anilines is 2. The average molecular weight is 279 g/mol. The third kappa shape index (κ3) is 2.66. The summed E-state index contributed by atoms with van der Waals surface area (Å²) in [6, 6.07) is 4.98. The van der Waals surface area contributed by atoms with E-state index in [1.54, 1.807) is 23.1 Å². The van der Waals surface area contributed by atoms with Gasteiger partial charge < -0.3 is 10.6 Å². The molecule has 0 saturated carbocycles. The number of para-hydroxylation sites is 1. The molecular weight excluding hydrogens is 265 g/mol. The van der Waals surface area contributed by atoms with Crippen molar-refractivity contribution in [3.63, 3.8) is 0 Å². The lowest BCUT2D eigenvalue weighted by Crippen LogP contribution is -2.42. The Kier molecular flexibility index (Phi) is 3.61. The number of piperidine rings is 1. The van der Waals surface area contributed by atoms with Crippen LogP contribution in [0.2, 0.25) is 5.02 Å². The van der Waals surface area contributed by atoms with Crippen molar-refractivity contribution in [2.24, 2.45) is 5.92 Å². The van der Waals surface area contributed by atoms with Gasteiger partial charge in [-0.3, -0.25) is 0 Å². The third-order valence-corrected chi connectivity index (χ3v) is 3.52. The van der Waals surface area contributed by atoms with Crippen LogP contribution in [0, 0.1) is 5.92 Å². The van der Waals surface area contributed by atoms with E-state index in [0.717, 1.165) is 0 Å². The zero-order valence-electron chi connectivity index (χ0n) is 9.67. The molecule has 1 saturated heterocycles. The third-order valence-electron chi connectivity index (χ3n) is 3.22. The van der Waals surface area contributed by atoms with E-state index >= 15 is 0 Å². The molecule has 0 bridgehead atoms. The van der Waals surface area contributed by atoms with Crippen LogP contribution in [0.3, 0.4) is 0 Å². The Morgan fingerprint density at radius 2 is 2.06 bits per heavy atom. The quantitative estimate of drug-likeness (QED) is 0.794. The van der Waals surface area contributed by atoms with E-state index in [2.05, 4.69) is 0 Å². The van der Waals surface area contributed by atoms with Gasteiger partial charge in [0.15, 0.2) is 0 Å². The highest BCUT2D eigenvalue weighted by atomic mass is 35.5. The fourth-order valence-electron chi connectivity index (χ4n) is 2.31. The normalized spacial score (nSPS) is 21.1. The molecule has 1 fully saturated rings. The second-order valence-electron chi connectivity index (χ2n) is 4.50. The summed E-state index contributed by atoms with van der Waals surface area (Å²) in [5, 5.41) is 0.401. The van der Waals surface area contributed by atoms with Gasteiger partial charge in [-0.1, -0.05) is 17.7 Å². The van der Waals surface area contributed by atoms with Crippen molar-refractivity contribution in [1.29, 1.82) is 0 Å². The number of hydrogen-bond acceptors (Lipinski definition) is 2. The van der Waals surface area contributed by atoms with Crippen LogP contribution < -0.4 is 10.6 Å². The molecule has 6 heteroatoms. The minimum absolute atomic E-state index is 0.0720. The van der Waals surface area contributed by atoms with Crippen LogP contribution in [-0.4, -0.2) is 19.3 Å². The number of nitrogen functional groups attached to an aromatic ring is 1. The highest BCUT2D eigenvalue weighted by Gasteiger charge is 2.42. The van der Waals surface area contributed by atoms with E-state index < -0.39 is 12.1 Å². The van der Waals surface area contributed by atoms with Gasteiger partial charge in [0, 0.05) is 13.1 Å². The predicted molar refractivity (Wildman–Crippen MR) is 66.9 cm³/mol. The first-order chi connectivity index (χ1) is 8.39. The molecule has 1 unspecified atom stereocenters. The molecule has 1 aromatic carbocycles. The van der Waals surface area contributed by atoms with E-state index in [9.17, 15) is 13.2 Å². The Labute approximate surface area is 109 Å². The summed E-state index contributed by atoms with van der Waals surface area (Å²) in [6.07, 6.45) is -3.49. The predicted octanol–water partition coefficient (Wildman–Crippen LogP) is 3.70. The Hall–Kier alpha value is -1.10. The zero-order valence-corrected chi connectivity index (χ0v) is 10.4. The van der Waals surface area contributed by atoms with Crippen LogP contribution in [0.5, 0.6) is 0 Å². The molecule has 0 spiro atoms. The number of halogens is 4. The maximum absolute atomic E-state index is 12.7. The molecule has 1 aliphatic heterocycles. The first-order valence-electron chi connectivity index (χ1n) is 5.75. The van der Waals surface area contributed by atoms with Crippen LogP contribution in [0.1, 0.15) is 12.8 Å². The number of benzene rings is 1. The number of nitrogens with two attached hydrogens (primary N) is 1. The van der Waals surface area contributed by atoms with E-state index in [4.69, 9.17) is 17.3 Å². The summed E-state index contributed by atoms with van der Waals surface area (Å²) >= 11 is 6.02. The molecule has 1 aromatic rings. The Balaban J connectivity index is 2.24. The topological polar surface area (TPSA) is 29.3 Å². The Morgan fingerprint density at radius 1 is 1.33 bits per heavy atom. The van der Waals surface area contributed by atoms with Gasteiger partial charge in [0.05, 0.1) is 22.3 Å². The van der Waals surface area contributed by atoms with Crippen LogP contribution in [0.25, 0.3) is 0 Å². The molecule has 0 radical (unpaired) electrons. The SMILES string of the molecule is Nc1cccc(Cl)c1N1CCCC(C(F)(F)F)C1. The van der Waals surface area contributed by atoms with Gasteiger partial charge in [-0.25, -0.2) is 0 Å². The Morgan fingerprint density at radius 3 is 2.67 bits per heavy atom. The molecule has 0 aliphatic carbocycles. The van der Waals surface area contributed by atoms with Crippen molar-refractivity contribution in [3.05, 3.63) is 23.2 Å². The molecular formula is C12H14ClF3N2. The molecule has 1 heterocycles. The van der Waals surface area contributed by atoms with Gasteiger partial charge in [-0.05, 0) is 25.0 Å². The fourth-order valence-corrected chi connectivity index (χ4v) is 2.61. The van der Waals surface area contributed by atoms with Crippen LogP contribution >= 0.6 is 11.6 Å². The van der Waals surface area contributed by atoms with Crippen molar-refractivity contribution in [1.82, 2.24) is 0 Å². The zero-order chi connectivity index (χ0) is 13.3. The van der Waals surface area contributed by atoms with Crippen molar-refractivity contribution in [2.45, 2.75) is 19.0 Å². The average Bonchev–Trinajstić information content (AvgIpc) is 2.28. The van der Waals surface area contributed by atoms with Gasteiger partial charge in [-0.2, -0.15) is 13.2 Å². The van der Waals surface area contributed by atoms with Gasteiger partial charge in [0.25, 0.3) is 0 Å². The molecule has 1 atom stereocenters. The van der Waals surface area contributed by atoms with Gasteiger partial charge in [-0.15, -0.1) is 0 Å². The summed E-state index contributed by atoms with van der Waals surface area (Å²) in [4.78, 5) is 1.64. The Bertz CT molecular complexity index is 414. The van der Waals surface area contributed by atoms with Crippen LogP contribution in [0.15, 0.2) is 18.2 Å². The lowest BCUT2D eigenvalue weighted by Gasteiger charge is -2.36. The maximum Gasteiger partial charge on any atom is 0.393 e. The van der Waals surface area contributed by atoms with Gasteiger partial charge in [0.2, 0.25) is 0 Å². The molecule has 1 aliphatic rings. The monoisotopic (exact) mass is 278 g/mol. The highest BCUT2D eigenvalue weighted by Crippen LogP contribution is 2.38. The summed E-state index contributed by atoms with van der Waals surface area (Å²) in [5.41, 5.74) is 6.74. The largest absolute Gasteiger partial charge is 0.397 e. The van der Waals surface area contributed by atoms with Crippen LogP contribution in [0.4, 0.5) is 24.5 Å². The molecule has 2 rings (SSSR count). The van der Waals surface area contributed by atoms with Crippen molar-refractivity contribution < 1.29 is 13.2 Å². The highest BCUT2D eigenvalue weighted by molar-refractivity contribution is 6.34. The fraction of sp³-hybridized carbons (Fsp3) is 0.500. The standard InChI is InChI=1S/C12H14ClF3N2/c13-9-4-1-5-10(17)11(9)18-6-2-3-8(7-18)12(14,15)16/h1,4-5,8H,2-3,6-7,17H2. The van der Waals surface area contributed by atoms with E-state index in [0.29, 0.717) is 29.4 Å². The molecule has 18 heavy (non-hydrogen) atoms. The number of nitrogens with zero attached hydrogens (tertiary/aromatic N) is 1. The molecule has 0 aromatic heterocycles. The van der Waals surface area contributed by atoms with E-state index in [-0.39, 0.29) is 13.0 Å². The smallest absolute Gasteiger partial charge is 0.393 e. The number of alkyl halides is 3. The maximum atomic E-state index is 12.7. The molecule has 0 amide bonds. The van der Waals surface area contributed by atoms with Crippen molar-refractivity contribution >= 4 is 23.0 Å². The second kappa shape index (κ2) is 4.88. The van der Waals surface area contributed by atoms with Crippen LogP contribution in [-0.2, 0) is 0 Å². The van der Waals surface area contributed by atoms with Crippen molar-refractivity contribution in [3.8, 4) is 0 Å². The number of rotatable bonds is 1. The van der Waals surface area contributed by atoms with Gasteiger partial charge >= 0.3 is 6.18 Å². The summed E-state index contributed by atoms with van der Waals surface area (Å²) in [6.45, 7) is 0.484. The lowest BCUT2D eigenvalue weighted by atomic mass is 9.97. The first kappa shape index (κ1) is 13.3.